The Morgan fingerprint density at radius 3 is 2.71 bits per heavy atom. The van der Waals surface area contributed by atoms with E-state index in [4.69, 9.17) is 5.73 Å². The SMILES string of the molecule is CCCC(C)CC(=O)C1CCC(N)C1. The fourth-order valence-corrected chi connectivity index (χ4v) is 2.41. The predicted molar refractivity (Wildman–Crippen MR) is 59.0 cm³/mol. The number of nitrogens with two attached hydrogens (primary N) is 1. The molecular weight excluding hydrogens is 174 g/mol. The predicted octanol–water partition coefficient (Wildman–Crippen LogP) is 2.51. The van der Waals surface area contributed by atoms with Crippen LogP contribution in [0.15, 0.2) is 0 Å². The molecule has 14 heavy (non-hydrogen) atoms. The Balaban J connectivity index is 2.27. The Bertz CT molecular complexity index is 191. The average Bonchev–Trinajstić information content (AvgIpc) is 2.52. The van der Waals surface area contributed by atoms with Gasteiger partial charge in [-0.3, -0.25) is 4.79 Å². The van der Waals surface area contributed by atoms with Crippen molar-refractivity contribution in [2.45, 2.75) is 58.4 Å². The third kappa shape index (κ3) is 3.41. The zero-order chi connectivity index (χ0) is 10.6. The van der Waals surface area contributed by atoms with Gasteiger partial charge in [0.2, 0.25) is 0 Å². The molecule has 1 rings (SSSR count). The molecular formula is C12H23NO. The molecule has 82 valence electrons. The van der Waals surface area contributed by atoms with Crippen LogP contribution in [0.3, 0.4) is 0 Å². The van der Waals surface area contributed by atoms with E-state index in [9.17, 15) is 4.79 Å². The Kier molecular flexibility index (Phi) is 4.59. The summed E-state index contributed by atoms with van der Waals surface area (Å²) in [6.45, 7) is 4.35. The first-order valence-electron chi connectivity index (χ1n) is 5.91. The molecule has 2 N–H and O–H groups in total. The summed E-state index contributed by atoms with van der Waals surface area (Å²) < 4.78 is 0. The van der Waals surface area contributed by atoms with Crippen molar-refractivity contribution in [3.8, 4) is 0 Å². The highest BCUT2D eigenvalue weighted by molar-refractivity contribution is 5.81. The van der Waals surface area contributed by atoms with Gasteiger partial charge in [0.05, 0.1) is 0 Å². The first-order valence-corrected chi connectivity index (χ1v) is 5.91. The van der Waals surface area contributed by atoms with Crippen LogP contribution in [0.25, 0.3) is 0 Å². The molecule has 2 heteroatoms. The monoisotopic (exact) mass is 197 g/mol. The quantitative estimate of drug-likeness (QED) is 0.736. The van der Waals surface area contributed by atoms with Crippen LogP contribution in [0.1, 0.15) is 52.4 Å². The highest BCUT2D eigenvalue weighted by Gasteiger charge is 2.27. The van der Waals surface area contributed by atoms with E-state index < -0.39 is 0 Å². The lowest BCUT2D eigenvalue weighted by atomic mass is 9.92. The van der Waals surface area contributed by atoms with Crippen LogP contribution in [0, 0.1) is 11.8 Å². The van der Waals surface area contributed by atoms with Crippen LogP contribution in [-0.2, 0) is 4.79 Å². The van der Waals surface area contributed by atoms with Crippen molar-refractivity contribution >= 4 is 5.78 Å². The lowest BCUT2D eigenvalue weighted by Gasteiger charge is -2.12. The van der Waals surface area contributed by atoms with Gasteiger partial charge >= 0.3 is 0 Å². The van der Waals surface area contributed by atoms with Gasteiger partial charge in [-0.2, -0.15) is 0 Å². The van der Waals surface area contributed by atoms with Gasteiger partial charge in [0.25, 0.3) is 0 Å². The number of Topliss-reactive ketones (excluding diaryl/α,β-unsaturated/α-hetero) is 1. The first kappa shape index (κ1) is 11.7. The molecule has 0 spiro atoms. The highest BCUT2D eigenvalue weighted by Crippen LogP contribution is 2.27. The van der Waals surface area contributed by atoms with E-state index in [0.717, 1.165) is 25.7 Å². The fraction of sp³-hybridized carbons (Fsp3) is 0.917. The number of carbonyl (C=O) groups excluding carboxylic acids is 1. The molecule has 0 aromatic carbocycles. The van der Waals surface area contributed by atoms with Crippen molar-refractivity contribution in [2.75, 3.05) is 0 Å². The topological polar surface area (TPSA) is 43.1 Å². The maximum Gasteiger partial charge on any atom is 0.136 e. The van der Waals surface area contributed by atoms with E-state index in [1.807, 2.05) is 0 Å². The first-order chi connectivity index (χ1) is 6.63. The fourth-order valence-electron chi connectivity index (χ4n) is 2.41. The van der Waals surface area contributed by atoms with Crippen LogP contribution in [0.5, 0.6) is 0 Å². The van der Waals surface area contributed by atoms with Crippen LogP contribution in [0.2, 0.25) is 0 Å². The smallest absolute Gasteiger partial charge is 0.136 e. The molecule has 1 fully saturated rings. The summed E-state index contributed by atoms with van der Waals surface area (Å²) in [6.07, 6.45) is 6.11. The molecule has 0 aromatic rings. The number of hydrogen-bond acceptors (Lipinski definition) is 2. The van der Waals surface area contributed by atoms with Gasteiger partial charge in [0.1, 0.15) is 5.78 Å². The highest BCUT2D eigenvalue weighted by atomic mass is 16.1. The molecule has 0 radical (unpaired) electrons. The number of rotatable bonds is 5. The van der Waals surface area contributed by atoms with Crippen molar-refractivity contribution in [1.29, 1.82) is 0 Å². The van der Waals surface area contributed by atoms with Crippen LogP contribution >= 0.6 is 0 Å². The van der Waals surface area contributed by atoms with E-state index in [1.165, 1.54) is 12.8 Å². The molecule has 0 saturated heterocycles. The van der Waals surface area contributed by atoms with Gasteiger partial charge in [-0.15, -0.1) is 0 Å². The van der Waals surface area contributed by atoms with E-state index in [0.29, 0.717) is 11.7 Å². The van der Waals surface area contributed by atoms with E-state index >= 15 is 0 Å². The minimum atomic E-state index is 0.282. The third-order valence-corrected chi connectivity index (χ3v) is 3.26. The summed E-state index contributed by atoms with van der Waals surface area (Å²) in [6, 6.07) is 0.283. The molecule has 0 bridgehead atoms. The summed E-state index contributed by atoms with van der Waals surface area (Å²) in [4.78, 5) is 11.8. The zero-order valence-electron chi connectivity index (χ0n) is 9.46. The van der Waals surface area contributed by atoms with E-state index in [1.54, 1.807) is 0 Å². The van der Waals surface area contributed by atoms with Crippen LogP contribution in [-0.4, -0.2) is 11.8 Å². The third-order valence-electron chi connectivity index (χ3n) is 3.26. The van der Waals surface area contributed by atoms with E-state index in [2.05, 4.69) is 13.8 Å². The van der Waals surface area contributed by atoms with Crippen molar-refractivity contribution in [3.05, 3.63) is 0 Å². The molecule has 3 unspecified atom stereocenters. The average molecular weight is 197 g/mol. The minimum Gasteiger partial charge on any atom is -0.328 e. The Morgan fingerprint density at radius 1 is 1.50 bits per heavy atom. The van der Waals surface area contributed by atoms with Crippen molar-refractivity contribution in [2.24, 2.45) is 17.6 Å². The summed E-state index contributed by atoms with van der Waals surface area (Å²) in [5, 5.41) is 0. The van der Waals surface area contributed by atoms with Gasteiger partial charge in [-0.05, 0) is 25.2 Å². The van der Waals surface area contributed by atoms with Gasteiger partial charge < -0.3 is 5.73 Å². The summed E-state index contributed by atoms with van der Waals surface area (Å²) in [5.41, 5.74) is 5.80. The number of carbonyl (C=O) groups is 1. The second-order valence-electron chi connectivity index (χ2n) is 4.83. The maximum absolute atomic E-state index is 11.8. The largest absolute Gasteiger partial charge is 0.328 e. The standard InChI is InChI=1S/C12H23NO/c1-3-4-9(2)7-12(14)10-5-6-11(13)8-10/h9-11H,3-8,13H2,1-2H3. The second kappa shape index (κ2) is 5.50. The van der Waals surface area contributed by atoms with Crippen LogP contribution in [0.4, 0.5) is 0 Å². The molecule has 0 aromatic heterocycles. The molecule has 0 amide bonds. The van der Waals surface area contributed by atoms with Gasteiger partial charge in [-0.1, -0.05) is 26.7 Å². The molecule has 1 saturated carbocycles. The van der Waals surface area contributed by atoms with Crippen molar-refractivity contribution in [1.82, 2.24) is 0 Å². The second-order valence-corrected chi connectivity index (χ2v) is 4.83. The molecule has 3 atom stereocenters. The Morgan fingerprint density at radius 2 is 2.21 bits per heavy atom. The number of ketones is 1. The molecule has 2 nitrogen and oxygen atoms in total. The molecule has 1 aliphatic rings. The summed E-state index contributed by atoms with van der Waals surface area (Å²) in [5.74, 6) is 1.30. The molecule has 0 aliphatic heterocycles. The Labute approximate surface area is 87.2 Å². The van der Waals surface area contributed by atoms with Crippen molar-refractivity contribution in [3.63, 3.8) is 0 Å². The van der Waals surface area contributed by atoms with Crippen LogP contribution < -0.4 is 5.73 Å². The molecule has 0 heterocycles. The lowest BCUT2D eigenvalue weighted by molar-refractivity contribution is -0.123. The maximum atomic E-state index is 11.8. The van der Waals surface area contributed by atoms with Gasteiger partial charge in [0.15, 0.2) is 0 Å². The normalized spacial score (nSPS) is 29.1. The van der Waals surface area contributed by atoms with E-state index in [-0.39, 0.29) is 12.0 Å². The van der Waals surface area contributed by atoms with Gasteiger partial charge in [0, 0.05) is 18.4 Å². The molecule has 1 aliphatic carbocycles. The minimum absolute atomic E-state index is 0.282. The summed E-state index contributed by atoms with van der Waals surface area (Å²) in [7, 11) is 0. The zero-order valence-corrected chi connectivity index (χ0v) is 9.46. The summed E-state index contributed by atoms with van der Waals surface area (Å²) >= 11 is 0. The van der Waals surface area contributed by atoms with Crippen molar-refractivity contribution < 1.29 is 4.79 Å². The Hall–Kier alpha value is -0.370. The van der Waals surface area contributed by atoms with Gasteiger partial charge in [-0.25, -0.2) is 0 Å². The number of hydrogen-bond donors (Lipinski definition) is 1. The lowest BCUT2D eigenvalue weighted by Crippen LogP contribution is -2.19.